The van der Waals surface area contributed by atoms with Crippen molar-refractivity contribution in [1.29, 1.82) is 0 Å². The topological polar surface area (TPSA) is 41.1 Å². The van der Waals surface area contributed by atoms with E-state index in [-0.39, 0.29) is 11.9 Å². The molecule has 0 radical (unpaired) electrons. The fourth-order valence-corrected chi connectivity index (χ4v) is 5.47. The van der Waals surface area contributed by atoms with E-state index >= 15 is 0 Å². The van der Waals surface area contributed by atoms with Crippen LogP contribution in [0.4, 0.5) is 0 Å². The maximum Gasteiger partial charge on any atom is 0.251 e. The Hall–Kier alpha value is -1.98. The van der Waals surface area contributed by atoms with E-state index in [1.165, 1.54) is 16.0 Å². The molecule has 0 saturated carbocycles. The van der Waals surface area contributed by atoms with Gasteiger partial charge in [0.1, 0.15) is 0 Å². The number of hydrogen-bond donors (Lipinski definition) is 2. The first kappa shape index (κ1) is 23.2. The normalized spacial score (nSPS) is 14.3. The first-order valence-electron chi connectivity index (χ1n) is 10.8. The van der Waals surface area contributed by atoms with E-state index in [9.17, 15) is 4.79 Å². The lowest BCUT2D eigenvalue weighted by Crippen LogP contribution is -2.26. The van der Waals surface area contributed by atoms with Gasteiger partial charge in [-0.25, -0.2) is 0 Å². The Labute approximate surface area is 203 Å². The van der Waals surface area contributed by atoms with Crippen LogP contribution in [0.25, 0.3) is 0 Å². The van der Waals surface area contributed by atoms with Gasteiger partial charge in [-0.2, -0.15) is 0 Å². The van der Waals surface area contributed by atoms with Crippen LogP contribution in [0.2, 0.25) is 10.0 Å². The Morgan fingerprint density at radius 3 is 2.47 bits per heavy atom. The Morgan fingerprint density at radius 2 is 1.72 bits per heavy atom. The molecule has 166 valence electrons. The van der Waals surface area contributed by atoms with Crippen LogP contribution in [-0.4, -0.2) is 19.0 Å². The first-order chi connectivity index (χ1) is 15.5. The van der Waals surface area contributed by atoms with E-state index in [0.717, 1.165) is 47.8 Å². The second kappa shape index (κ2) is 10.8. The highest BCUT2D eigenvalue weighted by atomic mass is 35.5. The number of fused-ring (bicyclic) bond motifs is 1. The minimum atomic E-state index is -0.0973. The highest BCUT2D eigenvalue weighted by Gasteiger charge is 2.16. The van der Waals surface area contributed by atoms with Gasteiger partial charge in [-0.1, -0.05) is 53.5 Å². The van der Waals surface area contributed by atoms with Crippen LogP contribution in [0.5, 0.6) is 0 Å². The molecule has 4 rings (SSSR count). The molecule has 0 unspecified atom stereocenters. The van der Waals surface area contributed by atoms with E-state index in [1.54, 1.807) is 11.8 Å². The summed E-state index contributed by atoms with van der Waals surface area (Å²) in [5.74, 6) is 0.725. The van der Waals surface area contributed by atoms with Gasteiger partial charge in [0, 0.05) is 21.2 Å². The second-order valence-electron chi connectivity index (χ2n) is 8.00. The summed E-state index contributed by atoms with van der Waals surface area (Å²) in [5, 5.41) is 8.02. The number of amides is 1. The SMILES string of the molecule is C[C@H](NC(=O)c1ccc(CSc2c(Cl)ccc3c2CCNCC3)cc1)c1ccc(Cl)cc1. The molecule has 3 nitrogen and oxygen atoms in total. The van der Waals surface area contributed by atoms with Gasteiger partial charge < -0.3 is 10.6 Å². The molecule has 3 aromatic rings. The van der Waals surface area contributed by atoms with E-state index in [4.69, 9.17) is 23.2 Å². The molecule has 0 aromatic heterocycles. The largest absolute Gasteiger partial charge is 0.346 e. The molecule has 0 saturated heterocycles. The van der Waals surface area contributed by atoms with Crippen LogP contribution >= 0.6 is 35.0 Å². The zero-order valence-electron chi connectivity index (χ0n) is 18.0. The summed E-state index contributed by atoms with van der Waals surface area (Å²) < 4.78 is 0. The molecule has 1 heterocycles. The van der Waals surface area contributed by atoms with E-state index < -0.39 is 0 Å². The fourth-order valence-electron chi connectivity index (χ4n) is 3.89. The van der Waals surface area contributed by atoms with Gasteiger partial charge in [0.2, 0.25) is 0 Å². The zero-order chi connectivity index (χ0) is 22.5. The van der Waals surface area contributed by atoms with Crippen molar-refractivity contribution >= 4 is 40.9 Å². The number of nitrogens with one attached hydrogen (secondary N) is 2. The van der Waals surface area contributed by atoms with Gasteiger partial charge in [-0.05, 0) is 85.4 Å². The highest BCUT2D eigenvalue weighted by molar-refractivity contribution is 7.98. The van der Waals surface area contributed by atoms with Gasteiger partial charge in [0.15, 0.2) is 0 Å². The lowest BCUT2D eigenvalue weighted by atomic mass is 10.0. The van der Waals surface area contributed by atoms with Crippen LogP contribution in [0, 0.1) is 0 Å². The fraction of sp³-hybridized carbons (Fsp3) is 0.269. The van der Waals surface area contributed by atoms with Crippen molar-refractivity contribution in [2.45, 2.75) is 36.5 Å². The molecular weight excluding hydrogens is 459 g/mol. The summed E-state index contributed by atoms with van der Waals surface area (Å²) in [6.07, 6.45) is 2.04. The van der Waals surface area contributed by atoms with Gasteiger partial charge in [0.05, 0.1) is 11.1 Å². The standard InChI is InChI=1S/C26H26Cl2N2OS/c1-17(19-6-9-22(27)10-7-19)30-26(31)21-4-2-18(3-5-21)16-32-25-23-13-15-29-14-12-20(23)8-11-24(25)28/h2-11,17,29H,12-16H2,1H3,(H,30,31)/t17-/m0/s1. The average molecular weight is 485 g/mol. The van der Waals surface area contributed by atoms with Crippen LogP contribution in [0.15, 0.2) is 65.6 Å². The predicted molar refractivity (Wildman–Crippen MR) is 135 cm³/mol. The number of carbonyl (C=O) groups is 1. The van der Waals surface area contributed by atoms with Crippen molar-refractivity contribution in [2.75, 3.05) is 13.1 Å². The maximum atomic E-state index is 12.7. The summed E-state index contributed by atoms with van der Waals surface area (Å²) in [6, 6.07) is 19.4. The van der Waals surface area contributed by atoms with Crippen molar-refractivity contribution in [3.63, 3.8) is 0 Å². The van der Waals surface area contributed by atoms with Gasteiger partial charge in [0.25, 0.3) is 5.91 Å². The predicted octanol–water partition coefficient (Wildman–Crippen LogP) is 6.46. The Balaban J connectivity index is 1.39. The Morgan fingerprint density at radius 1 is 1.00 bits per heavy atom. The molecule has 0 aliphatic carbocycles. The molecule has 1 amide bonds. The zero-order valence-corrected chi connectivity index (χ0v) is 20.3. The Kier molecular flexibility index (Phi) is 7.80. The molecule has 0 fully saturated rings. The minimum absolute atomic E-state index is 0.0874. The van der Waals surface area contributed by atoms with Gasteiger partial charge in [-0.3, -0.25) is 4.79 Å². The highest BCUT2D eigenvalue weighted by Crippen LogP contribution is 2.36. The van der Waals surface area contributed by atoms with Crippen LogP contribution in [0.3, 0.4) is 0 Å². The molecule has 3 aromatic carbocycles. The molecule has 1 atom stereocenters. The lowest BCUT2D eigenvalue weighted by Gasteiger charge is -2.15. The molecule has 0 spiro atoms. The third-order valence-corrected chi connectivity index (χ3v) is 7.66. The van der Waals surface area contributed by atoms with E-state index in [1.807, 2.05) is 61.5 Å². The summed E-state index contributed by atoms with van der Waals surface area (Å²) >= 11 is 14.3. The summed E-state index contributed by atoms with van der Waals surface area (Å²) in [5.41, 5.74) is 5.60. The molecule has 2 N–H and O–H groups in total. The summed E-state index contributed by atoms with van der Waals surface area (Å²) in [7, 11) is 0. The second-order valence-corrected chi connectivity index (χ2v) is 9.83. The molecule has 1 aliphatic heterocycles. The van der Waals surface area contributed by atoms with Crippen LogP contribution < -0.4 is 10.6 Å². The molecule has 32 heavy (non-hydrogen) atoms. The molecule has 6 heteroatoms. The van der Waals surface area contributed by atoms with Crippen molar-refractivity contribution in [1.82, 2.24) is 10.6 Å². The molecule has 1 aliphatic rings. The van der Waals surface area contributed by atoms with Gasteiger partial charge >= 0.3 is 0 Å². The average Bonchev–Trinajstić information content (AvgIpc) is 3.05. The minimum Gasteiger partial charge on any atom is -0.346 e. The number of rotatable bonds is 6. The van der Waals surface area contributed by atoms with Crippen molar-refractivity contribution in [2.24, 2.45) is 0 Å². The third-order valence-electron chi connectivity index (χ3n) is 5.75. The van der Waals surface area contributed by atoms with Crippen molar-refractivity contribution < 1.29 is 4.79 Å². The van der Waals surface area contributed by atoms with E-state index in [0.29, 0.717) is 10.6 Å². The number of benzene rings is 3. The van der Waals surface area contributed by atoms with Crippen molar-refractivity contribution in [3.8, 4) is 0 Å². The maximum absolute atomic E-state index is 12.7. The quantitative estimate of drug-likeness (QED) is 0.394. The first-order valence-corrected chi connectivity index (χ1v) is 12.5. The molecular formula is C26H26Cl2N2OS. The number of halogens is 2. The van der Waals surface area contributed by atoms with Gasteiger partial charge in [-0.15, -0.1) is 11.8 Å². The number of hydrogen-bond acceptors (Lipinski definition) is 3. The Bertz CT molecular complexity index is 1080. The van der Waals surface area contributed by atoms with Crippen molar-refractivity contribution in [3.05, 3.63) is 98.5 Å². The van der Waals surface area contributed by atoms with E-state index in [2.05, 4.69) is 16.7 Å². The monoisotopic (exact) mass is 484 g/mol. The summed E-state index contributed by atoms with van der Waals surface area (Å²) in [4.78, 5) is 13.8. The molecule has 0 bridgehead atoms. The smallest absolute Gasteiger partial charge is 0.251 e. The number of carbonyl (C=O) groups excluding carboxylic acids is 1. The summed E-state index contributed by atoms with van der Waals surface area (Å²) in [6.45, 7) is 3.96. The third kappa shape index (κ3) is 5.68. The number of thioether (sulfide) groups is 1. The van der Waals surface area contributed by atoms with Crippen LogP contribution in [-0.2, 0) is 18.6 Å². The van der Waals surface area contributed by atoms with Crippen LogP contribution in [0.1, 0.15) is 45.6 Å². The lowest BCUT2D eigenvalue weighted by molar-refractivity contribution is 0.0940.